The predicted molar refractivity (Wildman–Crippen MR) is 72.4 cm³/mol. The first kappa shape index (κ1) is 15.9. The Morgan fingerprint density at radius 2 is 1.89 bits per heavy atom. The normalized spacial score (nSPS) is 11.3. The van der Waals surface area contributed by atoms with E-state index in [0.29, 0.717) is 11.3 Å². The van der Waals surface area contributed by atoms with Gasteiger partial charge in [0.05, 0.1) is 24.5 Å². The minimum atomic E-state index is -3.52. The molecule has 0 fully saturated rings. The van der Waals surface area contributed by atoms with E-state index < -0.39 is 9.05 Å². The second-order valence-corrected chi connectivity index (χ2v) is 6.65. The third-order valence-electron chi connectivity index (χ3n) is 2.22. The highest BCUT2D eigenvalue weighted by Crippen LogP contribution is 2.18. The Morgan fingerprint density at radius 1 is 1.21 bits per heavy atom. The highest BCUT2D eigenvalue weighted by molar-refractivity contribution is 8.13. The standard InChI is InChI=1S/C12H15ClO5S/c1-10(14)11-4-2-3-5-12(11)18-7-6-17-8-9-19(13,15)16/h2-5H,6-9H2,1H3. The van der Waals surface area contributed by atoms with Crippen LogP contribution in [0.2, 0.25) is 0 Å². The minimum Gasteiger partial charge on any atom is -0.490 e. The van der Waals surface area contributed by atoms with Crippen LogP contribution in [0.25, 0.3) is 0 Å². The molecule has 0 unspecified atom stereocenters. The molecule has 0 aliphatic carbocycles. The lowest BCUT2D eigenvalue weighted by atomic mass is 10.1. The topological polar surface area (TPSA) is 69.7 Å². The quantitative estimate of drug-likeness (QED) is 0.416. The summed E-state index contributed by atoms with van der Waals surface area (Å²) >= 11 is 0. The van der Waals surface area contributed by atoms with E-state index in [4.69, 9.17) is 20.2 Å². The van der Waals surface area contributed by atoms with Gasteiger partial charge in [-0.15, -0.1) is 0 Å². The number of benzene rings is 1. The Balaban J connectivity index is 2.32. The molecule has 106 valence electrons. The number of hydrogen-bond donors (Lipinski definition) is 0. The summed E-state index contributed by atoms with van der Waals surface area (Å²) in [6.45, 7) is 1.93. The summed E-state index contributed by atoms with van der Waals surface area (Å²) in [7, 11) is 1.50. The van der Waals surface area contributed by atoms with Crippen LogP contribution in [0, 0.1) is 0 Å². The van der Waals surface area contributed by atoms with E-state index in [9.17, 15) is 13.2 Å². The lowest BCUT2D eigenvalue weighted by Crippen LogP contribution is -2.12. The number of halogens is 1. The van der Waals surface area contributed by atoms with Crippen molar-refractivity contribution in [3.05, 3.63) is 29.8 Å². The Hall–Kier alpha value is -1.11. The largest absolute Gasteiger partial charge is 0.490 e. The van der Waals surface area contributed by atoms with E-state index in [-0.39, 0.29) is 31.4 Å². The summed E-state index contributed by atoms with van der Waals surface area (Å²) < 4.78 is 31.7. The fraction of sp³-hybridized carbons (Fsp3) is 0.417. The van der Waals surface area contributed by atoms with Crippen molar-refractivity contribution in [2.45, 2.75) is 6.92 Å². The van der Waals surface area contributed by atoms with Gasteiger partial charge in [0, 0.05) is 10.7 Å². The second-order valence-electron chi connectivity index (χ2n) is 3.76. The third-order valence-corrected chi connectivity index (χ3v) is 3.34. The van der Waals surface area contributed by atoms with Crippen molar-refractivity contribution >= 4 is 25.5 Å². The molecule has 5 nitrogen and oxygen atoms in total. The lowest BCUT2D eigenvalue weighted by Gasteiger charge is -2.09. The Labute approximate surface area is 116 Å². The molecule has 0 N–H and O–H groups in total. The lowest BCUT2D eigenvalue weighted by molar-refractivity contribution is 0.0992. The van der Waals surface area contributed by atoms with Gasteiger partial charge in [0.2, 0.25) is 9.05 Å². The van der Waals surface area contributed by atoms with Crippen molar-refractivity contribution in [3.63, 3.8) is 0 Å². The Kier molecular flexibility index (Phi) is 6.27. The van der Waals surface area contributed by atoms with E-state index in [1.807, 2.05) is 0 Å². The van der Waals surface area contributed by atoms with Crippen LogP contribution in [0.5, 0.6) is 5.75 Å². The highest BCUT2D eigenvalue weighted by Gasteiger charge is 2.07. The van der Waals surface area contributed by atoms with E-state index in [1.165, 1.54) is 6.92 Å². The number of ether oxygens (including phenoxy) is 2. The van der Waals surface area contributed by atoms with Crippen molar-refractivity contribution in [1.29, 1.82) is 0 Å². The maximum absolute atomic E-state index is 11.3. The van der Waals surface area contributed by atoms with Gasteiger partial charge in [-0.2, -0.15) is 0 Å². The molecule has 1 aromatic rings. The molecule has 0 aliphatic rings. The molecule has 7 heteroatoms. The summed E-state index contributed by atoms with van der Waals surface area (Å²) in [5.41, 5.74) is 0.505. The van der Waals surface area contributed by atoms with Gasteiger partial charge in [-0.25, -0.2) is 8.42 Å². The number of rotatable bonds is 8. The van der Waals surface area contributed by atoms with Gasteiger partial charge in [-0.3, -0.25) is 4.79 Å². The number of carbonyl (C=O) groups is 1. The van der Waals surface area contributed by atoms with Gasteiger partial charge in [0.1, 0.15) is 12.4 Å². The zero-order chi connectivity index (χ0) is 14.3. The van der Waals surface area contributed by atoms with Crippen LogP contribution in [-0.4, -0.2) is 39.8 Å². The molecule has 19 heavy (non-hydrogen) atoms. The van der Waals surface area contributed by atoms with Gasteiger partial charge in [0.15, 0.2) is 5.78 Å². The monoisotopic (exact) mass is 306 g/mol. The van der Waals surface area contributed by atoms with E-state index in [2.05, 4.69) is 0 Å². The third kappa shape index (κ3) is 6.56. The van der Waals surface area contributed by atoms with E-state index >= 15 is 0 Å². The number of hydrogen-bond acceptors (Lipinski definition) is 5. The van der Waals surface area contributed by atoms with Crippen molar-refractivity contribution < 1.29 is 22.7 Å². The summed E-state index contributed by atoms with van der Waals surface area (Å²) in [5, 5.41) is 0. The first-order valence-corrected chi connectivity index (χ1v) is 8.11. The van der Waals surface area contributed by atoms with Crippen LogP contribution in [0.3, 0.4) is 0 Å². The van der Waals surface area contributed by atoms with Crippen molar-refractivity contribution in [3.8, 4) is 5.75 Å². The van der Waals surface area contributed by atoms with Crippen LogP contribution in [-0.2, 0) is 13.8 Å². The highest BCUT2D eigenvalue weighted by atomic mass is 35.7. The van der Waals surface area contributed by atoms with Gasteiger partial charge in [-0.1, -0.05) is 12.1 Å². The number of Topliss-reactive ketones (excluding diaryl/α,β-unsaturated/α-hetero) is 1. The van der Waals surface area contributed by atoms with Crippen LogP contribution in [0.4, 0.5) is 0 Å². The first-order chi connectivity index (χ1) is 8.90. The summed E-state index contributed by atoms with van der Waals surface area (Å²) in [4.78, 5) is 11.3. The van der Waals surface area contributed by atoms with Crippen LogP contribution < -0.4 is 4.74 Å². The molecule has 1 aromatic carbocycles. The average molecular weight is 307 g/mol. The molecule has 0 atom stereocenters. The maximum atomic E-state index is 11.3. The Morgan fingerprint density at radius 3 is 2.53 bits per heavy atom. The SMILES string of the molecule is CC(=O)c1ccccc1OCCOCCS(=O)(=O)Cl. The molecule has 0 aromatic heterocycles. The molecule has 0 amide bonds. The molecule has 0 aliphatic heterocycles. The maximum Gasteiger partial charge on any atom is 0.234 e. The predicted octanol–water partition coefficient (Wildman–Crippen LogP) is 1.85. The molecular formula is C12H15ClO5S. The molecule has 0 saturated carbocycles. The van der Waals surface area contributed by atoms with Gasteiger partial charge < -0.3 is 9.47 Å². The molecule has 0 spiro atoms. The Bertz CT molecular complexity index is 527. The molecule has 0 bridgehead atoms. The van der Waals surface area contributed by atoms with Gasteiger partial charge in [-0.05, 0) is 19.1 Å². The molecular weight excluding hydrogens is 292 g/mol. The van der Waals surface area contributed by atoms with Gasteiger partial charge >= 0.3 is 0 Å². The van der Waals surface area contributed by atoms with Crippen LogP contribution in [0.1, 0.15) is 17.3 Å². The zero-order valence-corrected chi connectivity index (χ0v) is 12.0. The summed E-state index contributed by atoms with van der Waals surface area (Å²) in [6, 6.07) is 6.90. The van der Waals surface area contributed by atoms with Crippen molar-refractivity contribution in [2.75, 3.05) is 25.6 Å². The number of ketones is 1. The van der Waals surface area contributed by atoms with Crippen molar-refractivity contribution in [2.24, 2.45) is 0 Å². The average Bonchev–Trinajstić information content (AvgIpc) is 2.32. The first-order valence-electron chi connectivity index (χ1n) is 5.63. The molecule has 1 rings (SSSR count). The summed E-state index contributed by atoms with van der Waals surface area (Å²) in [5.74, 6) is 0.173. The number of para-hydroxylation sites is 1. The molecule has 0 heterocycles. The minimum absolute atomic E-state index is 0.0174. The van der Waals surface area contributed by atoms with Gasteiger partial charge in [0.25, 0.3) is 0 Å². The molecule has 0 saturated heterocycles. The molecule has 0 radical (unpaired) electrons. The number of carbonyl (C=O) groups excluding carboxylic acids is 1. The van der Waals surface area contributed by atoms with Crippen molar-refractivity contribution in [1.82, 2.24) is 0 Å². The second kappa shape index (κ2) is 7.47. The van der Waals surface area contributed by atoms with Crippen LogP contribution in [0.15, 0.2) is 24.3 Å². The fourth-order valence-corrected chi connectivity index (χ4v) is 1.86. The fourth-order valence-electron chi connectivity index (χ4n) is 1.35. The smallest absolute Gasteiger partial charge is 0.234 e. The van der Waals surface area contributed by atoms with Crippen LogP contribution >= 0.6 is 10.7 Å². The van der Waals surface area contributed by atoms with E-state index in [1.54, 1.807) is 24.3 Å². The van der Waals surface area contributed by atoms with E-state index in [0.717, 1.165) is 0 Å². The zero-order valence-electron chi connectivity index (χ0n) is 10.5. The summed E-state index contributed by atoms with van der Waals surface area (Å²) in [6.07, 6.45) is 0.